The molecule has 0 saturated carbocycles. The maximum absolute atomic E-state index is 7.02. The van der Waals surface area contributed by atoms with Gasteiger partial charge in [0.05, 0.1) is 5.69 Å². The molecule has 8 aromatic carbocycles. The van der Waals surface area contributed by atoms with Crippen LogP contribution >= 0.6 is 0 Å². The van der Waals surface area contributed by atoms with E-state index in [-0.39, 0.29) is 5.41 Å². The first kappa shape index (κ1) is 30.7. The van der Waals surface area contributed by atoms with Crippen molar-refractivity contribution >= 4 is 60.9 Å². The van der Waals surface area contributed by atoms with Crippen molar-refractivity contribution < 1.29 is 8.83 Å². The van der Waals surface area contributed by atoms with Crippen LogP contribution in [0.1, 0.15) is 25.0 Å². The minimum atomic E-state index is -0.143. The molecular weight excluding hydrogens is 661 g/mol. The van der Waals surface area contributed by atoms with Crippen LogP contribution in [0.3, 0.4) is 0 Å². The van der Waals surface area contributed by atoms with E-state index in [9.17, 15) is 0 Å². The zero-order valence-electron chi connectivity index (χ0n) is 29.9. The number of nitrogens with zero attached hydrogens (tertiary/aromatic N) is 2. The summed E-state index contributed by atoms with van der Waals surface area (Å²) in [5, 5.41) is 4.30. The number of hydrogen-bond donors (Lipinski definition) is 0. The number of oxazole rings is 1. The molecular formula is C50H34N2O2. The second kappa shape index (κ2) is 11.5. The third-order valence-corrected chi connectivity index (χ3v) is 11.3. The first-order chi connectivity index (χ1) is 26.5. The van der Waals surface area contributed by atoms with E-state index in [1.54, 1.807) is 0 Å². The Bertz CT molecular complexity index is 3050. The third kappa shape index (κ3) is 4.53. The molecule has 54 heavy (non-hydrogen) atoms. The van der Waals surface area contributed by atoms with Gasteiger partial charge in [-0.3, -0.25) is 0 Å². The highest BCUT2D eigenvalue weighted by atomic mass is 16.3. The summed E-state index contributed by atoms with van der Waals surface area (Å²) < 4.78 is 13.3. The maximum atomic E-state index is 7.02. The van der Waals surface area contributed by atoms with Gasteiger partial charge in [0.1, 0.15) is 11.1 Å². The van der Waals surface area contributed by atoms with Crippen LogP contribution in [0.5, 0.6) is 0 Å². The summed E-state index contributed by atoms with van der Waals surface area (Å²) in [4.78, 5) is 7.24. The Morgan fingerprint density at radius 1 is 0.481 bits per heavy atom. The first-order valence-electron chi connectivity index (χ1n) is 18.5. The van der Waals surface area contributed by atoms with Crippen molar-refractivity contribution in [2.75, 3.05) is 4.90 Å². The van der Waals surface area contributed by atoms with Crippen molar-refractivity contribution in [3.63, 3.8) is 0 Å². The maximum Gasteiger partial charge on any atom is 0.228 e. The molecule has 1 aliphatic rings. The van der Waals surface area contributed by atoms with Gasteiger partial charge in [0.15, 0.2) is 11.2 Å². The second-order valence-electron chi connectivity index (χ2n) is 14.7. The predicted molar refractivity (Wildman–Crippen MR) is 222 cm³/mol. The molecule has 10 aromatic rings. The van der Waals surface area contributed by atoms with Crippen molar-refractivity contribution in [1.29, 1.82) is 0 Å². The second-order valence-corrected chi connectivity index (χ2v) is 14.7. The Morgan fingerprint density at radius 2 is 1.17 bits per heavy atom. The van der Waals surface area contributed by atoms with Crippen LogP contribution in [0.4, 0.5) is 17.1 Å². The standard InChI is InChI=1S/C50H34N2O2/c1-50(2)41-19-9-8-16-36(41)37-28-27-34(29-42(37)50)52(33-25-23-32(24-26-33)31-13-4-3-5-14-31)44-21-12-18-39-47-38-17-7-6-15-35(38)40(30-46(47)53-48(39)44)49-51-43-20-10-11-22-45(43)54-49/h3-30H,1-2H3. The highest BCUT2D eigenvalue weighted by Gasteiger charge is 2.36. The molecule has 0 fully saturated rings. The van der Waals surface area contributed by atoms with Crippen molar-refractivity contribution in [3.05, 3.63) is 181 Å². The minimum Gasteiger partial charge on any atom is -0.454 e. The topological polar surface area (TPSA) is 42.4 Å². The molecule has 2 aromatic heterocycles. The number of aromatic nitrogens is 1. The molecule has 1 aliphatic carbocycles. The van der Waals surface area contributed by atoms with E-state index in [1.165, 1.54) is 33.4 Å². The number of benzene rings is 8. The monoisotopic (exact) mass is 694 g/mol. The van der Waals surface area contributed by atoms with Gasteiger partial charge in [-0.25, -0.2) is 4.98 Å². The summed E-state index contributed by atoms with van der Waals surface area (Å²) in [5.41, 5.74) is 14.7. The number of fused-ring (bicyclic) bond motifs is 9. The lowest BCUT2D eigenvalue weighted by molar-refractivity contribution is 0.620. The van der Waals surface area contributed by atoms with Gasteiger partial charge in [-0.1, -0.05) is 135 Å². The van der Waals surface area contributed by atoms with Gasteiger partial charge < -0.3 is 13.7 Å². The normalized spacial score (nSPS) is 13.1. The fraction of sp³-hybridized carbons (Fsp3) is 0.0600. The van der Waals surface area contributed by atoms with E-state index in [1.807, 2.05) is 24.3 Å². The summed E-state index contributed by atoms with van der Waals surface area (Å²) in [6.45, 7) is 4.67. The fourth-order valence-electron chi connectivity index (χ4n) is 8.68. The van der Waals surface area contributed by atoms with Crippen molar-refractivity contribution in [1.82, 2.24) is 4.98 Å². The number of para-hydroxylation sites is 3. The summed E-state index contributed by atoms with van der Waals surface area (Å²) in [5.74, 6) is 0.580. The van der Waals surface area contributed by atoms with E-state index in [0.717, 1.165) is 66.4 Å². The molecule has 0 aliphatic heterocycles. The molecule has 0 saturated heterocycles. The Balaban J connectivity index is 1.14. The van der Waals surface area contributed by atoms with Crippen LogP contribution in [0.15, 0.2) is 179 Å². The average molecular weight is 695 g/mol. The summed E-state index contributed by atoms with van der Waals surface area (Å²) in [6, 6.07) is 60.1. The van der Waals surface area contributed by atoms with Gasteiger partial charge in [0.25, 0.3) is 0 Å². The lowest BCUT2D eigenvalue weighted by Gasteiger charge is -2.28. The lowest BCUT2D eigenvalue weighted by atomic mass is 9.82. The van der Waals surface area contributed by atoms with Crippen molar-refractivity contribution in [2.45, 2.75) is 19.3 Å². The van der Waals surface area contributed by atoms with Crippen LogP contribution in [0.2, 0.25) is 0 Å². The van der Waals surface area contributed by atoms with E-state index < -0.39 is 0 Å². The minimum absolute atomic E-state index is 0.143. The molecule has 2 heterocycles. The Hall–Kier alpha value is -6.91. The van der Waals surface area contributed by atoms with E-state index >= 15 is 0 Å². The van der Waals surface area contributed by atoms with Crippen LogP contribution < -0.4 is 4.90 Å². The Labute approximate surface area is 312 Å². The van der Waals surface area contributed by atoms with E-state index in [0.29, 0.717) is 5.89 Å². The smallest absolute Gasteiger partial charge is 0.228 e. The van der Waals surface area contributed by atoms with Crippen molar-refractivity contribution in [2.24, 2.45) is 0 Å². The highest BCUT2D eigenvalue weighted by Crippen LogP contribution is 2.52. The lowest BCUT2D eigenvalue weighted by Crippen LogP contribution is -2.16. The largest absolute Gasteiger partial charge is 0.454 e. The van der Waals surface area contributed by atoms with Crippen LogP contribution in [-0.2, 0) is 5.41 Å². The SMILES string of the molecule is CC1(C)c2ccccc2-c2ccc(N(c3ccc(-c4ccccc4)cc3)c3cccc4c3oc3cc(-c5nc6ccccc6o5)c5ccccc5c34)cc21. The van der Waals surface area contributed by atoms with Gasteiger partial charge in [-0.15, -0.1) is 0 Å². The molecule has 4 heteroatoms. The molecule has 4 nitrogen and oxygen atoms in total. The van der Waals surface area contributed by atoms with Gasteiger partial charge >= 0.3 is 0 Å². The molecule has 11 rings (SSSR count). The molecule has 0 bridgehead atoms. The summed E-state index contributed by atoms with van der Waals surface area (Å²) in [6.07, 6.45) is 0. The summed E-state index contributed by atoms with van der Waals surface area (Å²) in [7, 11) is 0. The van der Waals surface area contributed by atoms with Gasteiger partial charge in [0.2, 0.25) is 5.89 Å². The first-order valence-corrected chi connectivity index (χ1v) is 18.5. The number of hydrogen-bond acceptors (Lipinski definition) is 4. The number of rotatable bonds is 5. The van der Waals surface area contributed by atoms with Crippen LogP contribution in [-0.4, -0.2) is 4.98 Å². The van der Waals surface area contributed by atoms with Crippen LogP contribution in [0.25, 0.3) is 77.5 Å². The zero-order chi connectivity index (χ0) is 36.0. The van der Waals surface area contributed by atoms with Gasteiger partial charge in [-0.2, -0.15) is 0 Å². The fourth-order valence-corrected chi connectivity index (χ4v) is 8.68. The molecule has 256 valence electrons. The van der Waals surface area contributed by atoms with E-state index in [4.69, 9.17) is 13.8 Å². The molecule has 0 atom stereocenters. The van der Waals surface area contributed by atoms with Crippen LogP contribution in [0, 0.1) is 0 Å². The highest BCUT2D eigenvalue weighted by molar-refractivity contribution is 6.23. The molecule has 0 unspecified atom stereocenters. The summed E-state index contributed by atoms with van der Waals surface area (Å²) >= 11 is 0. The van der Waals surface area contributed by atoms with Gasteiger partial charge in [0, 0.05) is 33.1 Å². The molecule has 0 amide bonds. The molecule has 0 spiro atoms. The number of anilines is 3. The Kier molecular flexibility index (Phi) is 6.56. The Morgan fingerprint density at radius 3 is 2.02 bits per heavy atom. The predicted octanol–water partition coefficient (Wildman–Crippen LogP) is 14.0. The third-order valence-electron chi connectivity index (χ3n) is 11.3. The van der Waals surface area contributed by atoms with Gasteiger partial charge in [-0.05, 0) is 92.7 Å². The average Bonchev–Trinajstić information content (AvgIpc) is 3.89. The molecule has 0 radical (unpaired) electrons. The van der Waals surface area contributed by atoms with Crippen molar-refractivity contribution in [3.8, 4) is 33.7 Å². The quantitative estimate of drug-likeness (QED) is 0.180. The zero-order valence-corrected chi connectivity index (χ0v) is 29.9. The molecule has 0 N–H and O–H groups in total. The number of furan rings is 1. The van der Waals surface area contributed by atoms with E-state index in [2.05, 4.69) is 164 Å².